The zero-order valence-electron chi connectivity index (χ0n) is 9.80. The fraction of sp³-hybridized carbons (Fsp3) is 0.900. The summed E-state index contributed by atoms with van der Waals surface area (Å²) in [6, 6.07) is 0. The van der Waals surface area contributed by atoms with E-state index < -0.39 is 14.6 Å². The van der Waals surface area contributed by atoms with Crippen LogP contribution in [0.1, 0.15) is 58.3 Å². The molecular weight excluding hydrogens is 231 g/mol. The van der Waals surface area contributed by atoms with Gasteiger partial charge in [0.2, 0.25) is 0 Å². The maximum atomic E-state index is 10.1. The van der Waals surface area contributed by atoms with Crippen LogP contribution >= 0.6 is 8.60 Å². The van der Waals surface area contributed by atoms with E-state index in [1.54, 1.807) is 0 Å². The zero-order chi connectivity index (χ0) is 12.8. The highest BCUT2D eigenvalue weighted by atomic mass is 31.2. The molecule has 0 aliphatic carbocycles. The summed E-state index contributed by atoms with van der Waals surface area (Å²) in [6.07, 6.45) is 8.64. The SMILES string of the molecule is CCCCCCCCCC(=O)O.OP(O)O. The first kappa shape index (κ1) is 18.2. The number of aliphatic carboxylic acids is 1. The molecule has 6 heteroatoms. The maximum Gasteiger partial charge on any atom is 0.324 e. The standard InChI is InChI=1S/C10H20O2.H3O3P/c1-2-3-4-5-6-7-8-9-10(11)12;1-4(2)3/h2-9H2,1H3,(H,11,12);1-3H. The molecule has 0 amide bonds. The topological polar surface area (TPSA) is 98.0 Å². The van der Waals surface area contributed by atoms with Gasteiger partial charge in [-0.2, -0.15) is 0 Å². The molecule has 4 N–H and O–H groups in total. The molecule has 0 rings (SSSR count). The summed E-state index contributed by atoms with van der Waals surface area (Å²) in [5.41, 5.74) is 0. The van der Waals surface area contributed by atoms with Crippen molar-refractivity contribution in [3.05, 3.63) is 0 Å². The normalized spacial score (nSPS) is 9.81. The van der Waals surface area contributed by atoms with Crippen molar-refractivity contribution in [3.8, 4) is 0 Å². The Bertz CT molecular complexity index is 149. The van der Waals surface area contributed by atoms with Gasteiger partial charge in [0.05, 0.1) is 0 Å². The monoisotopic (exact) mass is 254 g/mol. The number of hydrogen-bond acceptors (Lipinski definition) is 4. The summed E-state index contributed by atoms with van der Waals surface area (Å²) in [7, 11) is -2.62. The van der Waals surface area contributed by atoms with Crippen LogP contribution in [0.15, 0.2) is 0 Å². The average molecular weight is 254 g/mol. The lowest BCUT2D eigenvalue weighted by molar-refractivity contribution is -0.137. The minimum atomic E-state index is -2.62. The minimum absolute atomic E-state index is 0.341. The molecule has 0 bridgehead atoms. The molecule has 0 heterocycles. The van der Waals surface area contributed by atoms with Crippen LogP contribution in [-0.4, -0.2) is 25.8 Å². The number of unbranched alkanes of at least 4 members (excludes halogenated alkanes) is 6. The van der Waals surface area contributed by atoms with Gasteiger partial charge in [0, 0.05) is 6.42 Å². The summed E-state index contributed by atoms with van der Waals surface area (Å²) in [5, 5.41) is 8.35. The lowest BCUT2D eigenvalue weighted by Crippen LogP contribution is -1.93. The van der Waals surface area contributed by atoms with Crippen molar-refractivity contribution in [3.63, 3.8) is 0 Å². The summed E-state index contributed by atoms with van der Waals surface area (Å²) in [4.78, 5) is 31.8. The molecule has 0 aromatic carbocycles. The van der Waals surface area contributed by atoms with Crippen molar-refractivity contribution in [1.29, 1.82) is 0 Å². The Labute approximate surface area is 98.1 Å². The average Bonchev–Trinajstić information content (AvgIpc) is 2.15. The highest BCUT2D eigenvalue weighted by Crippen LogP contribution is 2.11. The molecule has 0 aromatic rings. The molecular formula is C10H23O5P. The van der Waals surface area contributed by atoms with Crippen molar-refractivity contribution in [2.24, 2.45) is 0 Å². The number of rotatable bonds is 8. The third kappa shape index (κ3) is 29.2. The number of hydrogen-bond donors (Lipinski definition) is 4. The van der Waals surface area contributed by atoms with Gasteiger partial charge in [-0.25, -0.2) is 0 Å². The number of carboxylic acids is 1. The van der Waals surface area contributed by atoms with E-state index in [9.17, 15) is 4.79 Å². The van der Waals surface area contributed by atoms with Gasteiger partial charge in [0.25, 0.3) is 0 Å². The van der Waals surface area contributed by atoms with Gasteiger partial charge in [-0.1, -0.05) is 45.4 Å². The minimum Gasteiger partial charge on any atom is -0.481 e. The second-order valence-corrected chi connectivity index (χ2v) is 4.07. The van der Waals surface area contributed by atoms with Crippen LogP contribution in [0, 0.1) is 0 Å². The van der Waals surface area contributed by atoms with Gasteiger partial charge in [-0.15, -0.1) is 0 Å². The molecule has 16 heavy (non-hydrogen) atoms. The maximum absolute atomic E-state index is 10.1. The van der Waals surface area contributed by atoms with Gasteiger partial charge < -0.3 is 19.8 Å². The van der Waals surface area contributed by atoms with E-state index in [4.69, 9.17) is 19.8 Å². The molecule has 0 saturated heterocycles. The van der Waals surface area contributed by atoms with Gasteiger partial charge in [0.1, 0.15) is 0 Å². The number of carboxylic acid groups (broad SMARTS) is 1. The molecule has 0 aliphatic heterocycles. The van der Waals surface area contributed by atoms with Crippen LogP contribution in [-0.2, 0) is 4.79 Å². The van der Waals surface area contributed by atoms with Crippen LogP contribution in [0.5, 0.6) is 0 Å². The molecule has 98 valence electrons. The quantitative estimate of drug-likeness (QED) is 0.394. The molecule has 0 saturated carbocycles. The van der Waals surface area contributed by atoms with E-state index in [1.165, 1.54) is 32.1 Å². The molecule has 0 unspecified atom stereocenters. The summed E-state index contributed by atoms with van der Waals surface area (Å²) in [6.45, 7) is 2.20. The molecule has 0 radical (unpaired) electrons. The van der Waals surface area contributed by atoms with E-state index in [1.807, 2.05) is 0 Å². The van der Waals surface area contributed by atoms with Crippen LogP contribution in [0.3, 0.4) is 0 Å². The van der Waals surface area contributed by atoms with Crippen LogP contribution < -0.4 is 0 Å². The Balaban J connectivity index is 0. The lowest BCUT2D eigenvalue weighted by Gasteiger charge is -1.98. The lowest BCUT2D eigenvalue weighted by atomic mass is 10.1. The smallest absolute Gasteiger partial charge is 0.324 e. The van der Waals surface area contributed by atoms with Crippen LogP contribution in [0.4, 0.5) is 0 Å². The third-order valence-electron chi connectivity index (χ3n) is 1.99. The molecule has 0 aromatic heterocycles. The Morgan fingerprint density at radius 3 is 1.69 bits per heavy atom. The summed E-state index contributed by atoms with van der Waals surface area (Å²) < 4.78 is 0. The van der Waals surface area contributed by atoms with Crippen LogP contribution in [0.2, 0.25) is 0 Å². The van der Waals surface area contributed by atoms with Crippen molar-refractivity contribution in [1.82, 2.24) is 0 Å². The predicted octanol–water partition coefficient (Wildman–Crippen LogP) is 2.40. The first-order chi connectivity index (χ1) is 7.50. The summed E-state index contributed by atoms with van der Waals surface area (Å²) in [5.74, 6) is -0.663. The van der Waals surface area contributed by atoms with Crippen molar-refractivity contribution in [2.75, 3.05) is 0 Å². The molecule has 0 aliphatic rings. The Kier molecular flexibility index (Phi) is 16.8. The first-order valence-electron chi connectivity index (χ1n) is 5.59. The predicted molar refractivity (Wildman–Crippen MR) is 63.8 cm³/mol. The van der Waals surface area contributed by atoms with E-state index in [0.717, 1.165) is 12.8 Å². The largest absolute Gasteiger partial charge is 0.481 e. The molecule has 0 atom stereocenters. The summed E-state index contributed by atoms with van der Waals surface area (Å²) >= 11 is 0. The fourth-order valence-electron chi connectivity index (χ4n) is 1.23. The first-order valence-corrected chi connectivity index (χ1v) is 6.79. The second-order valence-electron chi connectivity index (χ2n) is 3.53. The molecule has 0 fully saturated rings. The van der Waals surface area contributed by atoms with Crippen molar-refractivity contribution >= 4 is 14.6 Å². The fourth-order valence-corrected chi connectivity index (χ4v) is 1.23. The Morgan fingerprint density at radius 1 is 0.938 bits per heavy atom. The molecule has 5 nitrogen and oxygen atoms in total. The van der Waals surface area contributed by atoms with Gasteiger partial charge >= 0.3 is 14.6 Å². The van der Waals surface area contributed by atoms with Crippen molar-refractivity contribution < 1.29 is 24.6 Å². The van der Waals surface area contributed by atoms with E-state index >= 15 is 0 Å². The highest BCUT2D eigenvalue weighted by Gasteiger charge is 1.95. The van der Waals surface area contributed by atoms with E-state index in [-0.39, 0.29) is 0 Å². The number of carbonyl (C=O) groups is 1. The van der Waals surface area contributed by atoms with Crippen molar-refractivity contribution in [2.45, 2.75) is 58.3 Å². The zero-order valence-corrected chi connectivity index (χ0v) is 10.7. The van der Waals surface area contributed by atoms with Gasteiger partial charge in [0.15, 0.2) is 0 Å². The van der Waals surface area contributed by atoms with Gasteiger partial charge in [-0.3, -0.25) is 4.79 Å². The second kappa shape index (κ2) is 14.8. The molecule has 0 spiro atoms. The van der Waals surface area contributed by atoms with E-state index in [0.29, 0.717) is 6.42 Å². The van der Waals surface area contributed by atoms with Gasteiger partial charge in [-0.05, 0) is 6.42 Å². The Morgan fingerprint density at radius 2 is 1.31 bits per heavy atom. The highest BCUT2D eigenvalue weighted by molar-refractivity contribution is 7.38. The van der Waals surface area contributed by atoms with Crippen LogP contribution in [0.25, 0.3) is 0 Å². The Hall–Kier alpha value is -0.220. The third-order valence-corrected chi connectivity index (χ3v) is 1.99. The van der Waals surface area contributed by atoms with E-state index in [2.05, 4.69) is 6.92 Å².